The number of amides is 1. The minimum atomic E-state index is -1.89. The fourth-order valence-electron chi connectivity index (χ4n) is 3.38. The summed E-state index contributed by atoms with van der Waals surface area (Å²) in [6.07, 6.45) is 5.04. The number of benzene rings is 2. The van der Waals surface area contributed by atoms with Crippen molar-refractivity contribution in [3.63, 3.8) is 0 Å². The zero-order chi connectivity index (χ0) is 18.2. The summed E-state index contributed by atoms with van der Waals surface area (Å²) in [5.74, 6) is 1.60. The zero-order valence-corrected chi connectivity index (χ0v) is 14.2. The number of aliphatic hydroxyl groups is 1. The van der Waals surface area contributed by atoms with E-state index in [2.05, 4.69) is 5.92 Å². The fourth-order valence-corrected chi connectivity index (χ4v) is 3.38. The van der Waals surface area contributed by atoms with Crippen LogP contribution < -0.4 is 4.90 Å². The van der Waals surface area contributed by atoms with E-state index in [-0.39, 0.29) is 18.7 Å². The van der Waals surface area contributed by atoms with Gasteiger partial charge in [0.2, 0.25) is 0 Å². The van der Waals surface area contributed by atoms with Crippen molar-refractivity contribution in [2.45, 2.75) is 25.9 Å². The molecule has 0 spiro atoms. The molecule has 1 amide bonds. The summed E-state index contributed by atoms with van der Waals surface area (Å²) in [5.41, 5.74) is 1.49. The molecule has 126 valence electrons. The SMILES string of the molecule is C#CCN1C(=O)[C@@](O)(CC(=O)c2ccc(C)cc2C)c2ccccc21. The Balaban J connectivity index is 2.00. The molecule has 2 aromatic rings. The van der Waals surface area contributed by atoms with Crippen molar-refractivity contribution in [3.05, 3.63) is 64.7 Å². The number of carbonyl (C=O) groups is 2. The number of fused-ring (bicyclic) bond motifs is 1. The highest BCUT2D eigenvalue weighted by Crippen LogP contribution is 2.42. The summed E-state index contributed by atoms with van der Waals surface area (Å²) in [5, 5.41) is 11.1. The lowest BCUT2D eigenvalue weighted by Crippen LogP contribution is -2.42. The van der Waals surface area contributed by atoms with E-state index < -0.39 is 11.5 Å². The average molecular weight is 333 g/mol. The molecule has 0 fully saturated rings. The Hall–Kier alpha value is -2.90. The number of terminal acetylenes is 1. The van der Waals surface area contributed by atoms with E-state index in [1.807, 2.05) is 26.0 Å². The quantitative estimate of drug-likeness (QED) is 0.691. The summed E-state index contributed by atoms with van der Waals surface area (Å²) >= 11 is 0. The summed E-state index contributed by atoms with van der Waals surface area (Å²) < 4.78 is 0. The van der Waals surface area contributed by atoms with E-state index in [1.165, 1.54) is 4.90 Å². The zero-order valence-electron chi connectivity index (χ0n) is 14.2. The van der Waals surface area contributed by atoms with Crippen molar-refractivity contribution in [2.75, 3.05) is 11.4 Å². The minimum absolute atomic E-state index is 0.0515. The van der Waals surface area contributed by atoms with Crippen LogP contribution in [0.4, 0.5) is 5.69 Å². The van der Waals surface area contributed by atoms with Gasteiger partial charge in [-0.15, -0.1) is 6.42 Å². The molecule has 2 aromatic carbocycles. The van der Waals surface area contributed by atoms with Crippen molar-refractivity contribution < 1.29 is 14.7 Å². The monoisotopic (exact) mass is 333 g/mol. The van der Waals surface area contributed by atoms with E-state index >= 15 is 0 Å². The van der Waals surface area contributed by atoms with Gasteiger partial charge in [0, 0.05) is 11.1 Å². The predicted molar refractivity (Wildman–Crippen MR) is 96.4 cm³/mol. The van der Waals surface area contributed by atoms with Crippen molar-refractivity contribution >= 4 is 17.4 Å². The van der Waals surface area contributed by atoms with Gasteiger partial charge in [0.1, 0.15) is 0 Å². The smallest absolute Gasteiger partial charge is 0.265 e. The van der Waals surface area contributed by atoms with Gasteiger partial charge < -0.3 is 5.11 Å². The summed E-state index contributed by atoms with van der Waals surface area (Å²) in [7, 11) is 0. The van der Waals surface area contributed by atoms with Gasteiger partial charge in [-0.05, 0) is 25.5 Å². The number of Topliss-reactive ketones (excluding diaryl/α,β-unsaturated/α-hetero) is 1. The van der Waals surface area contributed by atoms with Crippen LogP contribution in [0.2, 0.25) is 0 Å². The van der Waals surface area contributed by atoms with E-state index in [9.17, 15) is 14.7 Å². The molecule has 1 atom stereocenters. The lowest BCUT2D eigenvalue weighted by molar-refractivity contribution is -0.135. The first-order valence-electron chi connectivity index (χ1n) is 8.06. The van der Waals surface area contributed by atoms with Crippen LogP contribution in [0.25, 0.3) is 0 Å². The lowest BCUT2D eigenvalue weighted by Gasteiger charge is -2.22. The van der Waals surface area contributed by atoms with Crippen molar-refractivity contribution in [3.8, 4) is 12.3 Å². The first-order valence-corrected chi connectivity index (χ1v) is 8.06. The second-order valence-corrected chi connectivity index (χ2v) is 6.39. The van der Waals surface area contributed by atoms with Gasteiger partial charge in [0.15, 0.2) is 11.4 Å². The minimum Gasteiger partial charge on any atom is -0.375 e. The number of carbonyl (C=O) groups excluding carboxylic acids is 2. The van der Waals surface area contributed by atoms with E-state index in [0.29, 0.717) is 16.8 Å². The van der Waals surface area contributed by atoms with Crippen LogP contribution in [0.5, 0.6) is 0 Å². The van der Waals surface area contributed by atoms with Gasteiger partial charge in [-0.1, -0.05) is 47.9 Å². The first-order chi connectivity index (χ1) is 11.9. The number of nitrogens with zero attached hydrogens (tertiary/aromatic N) is 1. The Labute approximate surface area is 147 Å². The molecule has 3 rings (SSSR count). The van der Waals surface area contributed by atoms with Crippen LogP contribution in [0.1, 0.15) is 33.5 Å². The third-order valence-electron chi connectivity index (χ3n) is 4.59. The molecule has 25 heavy (non-hydrogen) atoms. The molecule has 1 N–H and O–H groups in total. The molecule has 1 aliphatic heterocycles. The number of hydrogen-bond donors (Lipinski definition) is 1. The van der Waals surface area contributed by atoms with Crippen LogP contribution in [-0.2, 0) is 10.4 Å². The Bertz CT molecular complexity index is 910. The Morgan fingerprint density at radius 3 is 2.64 bits per heavy atom. The lowest BCUT2D eigenvalue weighted by atomic mass is 9.87. The molecule has 4 nitrogen and oxygen atoms in total. The highest BCUT2D eigenvalue weighted by Gasteiger charge is 2.50. The Morgan fingerprint density at radius 1 is 1.24 bits per heavy atom. The molecule has 0 saturated carbocycles. The van der Waals surface area contributed by atoms with Crippen molar-refractivity contribution in [2.24, 2.45) is 0 Å². The summed E-state index contributed by atoms with van der Waals surface area (Å²) in [6, 6.07) is 12.4. The van der Waals surface area contributed by atoms with Crippen LogP contribution in [0.3, 0.4) is 0 Å². The van der Waals surface area contributed by atoms with Gasteiger partial charge in [-0.2, -0.15) is 0 Å². The van der Waals surface area contributed by atoms with Crippen LogP contribution in [0.15, 0.2) is 42.5 Å². The number of anilines is 1. The Morgan fingerprint density at radius 2 is 1.96 bits per heavy atom. The Kier molecular flexibility index (Phi) is 4.20. The van der Waals surface area contributed by atoms with Crippen LogP contribution >= 0.6 is 0 Å². The molecular weight excluding hydrogens is 314 g/mol. The molecular formula is C21H19NO3. The number of ketones is 1. The maximum absolute atomic E-state index is 12.8. The topological polar surface area (TPSA) is 57.6 Å². The van der Waals surface area contributed by atoms with Gasteiger partial charge >= 0.3 is 0 Å². The van der Waals surface area contributed by atoms with E-state index in [0.717, 1.165) is 11.1 Å². The maximum atomic E-state index is 12.8. The molecule has 0 aliphatic carbocycles. The first kappa shape index (κ1) is 16.9. The van der Waals surface area contributed by atoms with Crippen LogP contribution in [0, 0.1) is 26.2 Å². The van der Waals surface area contributed by atoms with Gasteiger partial charge in [-0.25, -0.2) is 0 Å². The average Bonchev–Trinajstić information content (AvgIpc) is 2.77. The van der Waals surface area contributed by atoms with Gasteiger partial charge in [0.25, 0.3) is 5.91 Å². The third kappa shape index (κ3) is 2.73. The number of para-hydroxylation sites is 1. The second-order valence-electron chi connectivity index (χ2n) is 6.39. The van der Waals surface area contributed by atoms with Crippen molar-refractivity contribution in [1.29, 1.82) is 0 Å². The number of rotatable bonds is 4. The highest BCUT2D eigenvalue weighted by molar-refractivity contribution is 6.11. The summed E-state index contributed by atoms with van der Waals surface area (Å²) in [4.78, 5) is 26.9. The highest BCUT2D eigenvalue weighted by atomic mass is 16.3. The third-order valence-corrected chi connectivity index (χ3v) is 4.59. The normalized spacial score (nSPS) is 18.8. The summed E-state index contributed by atoms with van der Waals surface area (Å²) in [6.45, 7) is 3.85. The van der Waals surface area contributed by atoms with E-state index in [1.54, 1.807) is 30.3 Å². The largest absolute Gasteiger partial charge is 0.375 e. The molecule has 0 saturated heterocycles. The van der Waals surface area contributed by atoms with Crippen LogP contribution in [-0.4, -0.2) is 23.3 Å². The molecule has 4 heteroatoms. The molecule has 0 aromatic heterocycles. The second kappa shape index (κ2) is 6.19. The molecule has 0 radical (unpaired) electrons. The van der Waals surface area contributed by atoms with Gasteiger partial charge in [-0.3, -0.25) is 14.5 Å². The molecule has 0 bridgehead atoms. The fraction of sp³-hybridized carbons (Fsp3) is 0.238. The maximum Gasteiger partial charge on any atom is 0.265 e. The number of aryl methyl sites for hydroxylation is 2. The van der Waals surface area contributed by atoms with Crippen molar-refractivity contribution in [1.82, 2.24) is 0 Å². The molecule has 1 heterocycles. The van der Waals surface area contributed by atoms with E-state index in [4.69, 9.17) is 6.42 Å². The number of hydrogen-bond acceptors (Lipinski definition) is 3. The molecule has 0 unspecified atom stereocenters. The molecule has 1 aliphatic rings. The standard InChI is InChI=1S/C21H19NO3/c1-4-11-22-18-8-6-5-7-17(18)21(25,20(22)24)13-19(23)16-10-9-14(2)12-15(16)3/h1,5-10,12,25H,11,13H2,2-3H3/t21-/m1/s1. The van der Waals surface area contributed by atoms with Gasteiger partial charge in [0.05, 0.1) is 18.7 Å². The predicted octanol–water partition coefficient (Wildman–Crippen LogP) is 2.74.